The maximum absolute atomic E-state index is 12.3. The molecule has 0 aromatic heterocycles. The first kappa shape index (κ1) is 19.0. The Kier molecular flexibility index (Phi) is 8.56. The third-order valence-corrected chi connectivity index (χ3v) is 4.10. The van der Waals surface area contributed by atoms with Crippen LogP contribution < -0.4 is 19.9 Å². The molecule has 20 heavy (non-hydrogen) atoms. The van der Waals surface area contributed by atoms with E-state index in [1.165, 1.54) is 14.2 Å². The first-order valence-electron chi connectivity index (χ1n) is 5.97. The molecule has 0 atom stereocenters. The highest BCUT2D eigenvalue weighted by Crippen LogP contribution is 2.32. The number of ether oxygens (including phenoxy) is 2. The Labute approximate surface area is 126 Å². The lowest BCUT2D eigenvalue weighted by atomic mass is 10.3. The van der Waals surface area contributed by atoms with Gasteiger partial charge in [0.05, 0.1) is 14.2 Å². The maximum atomic E-state index is 12.3. The molecule has 0 aliphatic carbocycles. The monoisotopic (exact) mass is 324 g/mol. The normalized spacial score (nSPS) is 10.8. The van der Waals surface area contributed by atoms with Crippen molar-refractivity contribution in [3.05, 3.63) is 18.2 Å². The molecule has 0 spiro atoms. The summed E-state index contributed by atoms with van der Waals surface area (Å²) in [7, 11) is -0.829. The number of halogens is 1. The van der Waals surface area contributed by atoms with Gasteiger partial charge in [-0.15, -0.1) is 12.4 Å². The maximum Gasteiger partial charge on any atom is 0.247 e. The molecule has 3 N–H and O–H groups in total. The van der Waals surface area contributed by atoms with Crippen LogP contribution in [-0.4, -0.2) is 35.7 Å². The second-order valence-electron chi connectivity index (χ2n) is 3.89. The number of nitrogens with one attached hydrogen (secondary N) is 1. The molecule has 8 heteroatoms. The molecule has 116 valence electrons. The van der Waals surface area contributed by atoms with Crippen LogP contribution in [0.1, 0.15) is 12.8 Å². The van der Waals surface area contributed by atoms with E-state index in [9.17, 15) is 8.42 Å². The lowest BCUT2D eigenvalue weighted by Gasteiger charge is -2.13. The number of rotatable bonds is 8. The fourth-order valence-electron chi connectivity index (χ4n) is 1.63. The smallest absolute Gasteiger partial charge is 0.247 e. The van der Waals surface area contributed by atoms with Crippen molar-refractivity contribution in [1.29, 1.82) is 0 Å². The molecule has 1 aromatic rings. The zero-order valence-corrected chi connectivity index (χ0v) is 13.2. The van der Waals surface area contributed by atoms with Gasteiger partial charge in [0, 0.05) is 6.54 Å². The molecular formula is C12H21ClN2O4S. The summed E-state index contributed by atoms with van der Waals surface area (Å²) in [6, 6.07) is 4.83. The van der Waals surface area contributed by atoms with Crippen molar-refractivity contribution in [2.75, 3.05) is 27.3 Å². The molecule has 0 aliphatic rings. The van der Waals surface area contributed by atoms with Crippen LogP contribution in [-0.2, 0) is 10.0 Å². The van der Waals surface area contributed by atoms with Crippen molar-refractivity contribution in [2.24, 2.45) is 5.73 Å². The summed E-state index contributed by atoms with van der Waals surface area (Å²) in [6.45, 7) is 0.875. The third kappa shape index (κ3) is 4.82. The average Bonchev–Trinajstić information content (AvgIpc) is 2.42. The highest BCUT2D eigenvalue weighted by atomic mass is 35.5. The van der Waals surface area contributed by atoms with Crippen molar-refractivity contribution in [2.45, 2.75) is 17.7 Å². The number of hydrogen-bond acceptors (Lipinski definition) is 5. The predicted octanol–water partition coefficient (Wildman–Crippen LogP) is 1.14. The third-order valence-electron chi connectivity index (χ3n) is 2.57. The highest BCUT2D eigenvalue weighted by Gasteiger charge is 2.23. The number of hydrogen-bond donors (Lipinski definition) is 2. The minimum absolute atomic E-state index is 0. The van der Waals surface area contributed by atoms with E-state index in [1.807, 2.05) is 0 Å². The lowest BCUT2D eigenvalue weighted by Crippen LogP contribution is -2.26. The molecule has 0 radical (unpaired) electrons. The van der Waals surface area contributed by atoms with Crippen molar-refractivity contribution in [1.82, 2.24) is 4.72 Å². The number of benzene rings is 1. The molecule has 0 heterocycles. The summed E-state index contributed by atoms with van der Waals surface area (Å²) < 4.78 is 37.2. The first-order chi connectivity index (χ1) is 9.06. The van der Waals surface area contributed by atoms with E-state index in [2.05, 4.69) is 4.72 Å². The van der Waals surface area contributed by atoms with Gasteiger partial charge in [-0.1, -0.05) is 6.07 Å². The van der Waals surface area contributed by atoms with Gasteiger partial charge < -0.3 is 15.2 Å². The van der Waals surface area contributed by atoms with Gasteiger partial charge in [-0.25, -0.2) is 13.1 Å². The van der Waals surface area contributed by atoms with Crippen LogP contribution in [0.25, 0.3) is 0 Å². The summed E-state index contributed by atoms with van der Waals surface area (Å²) in [5.74, 6) is 0.511. The number of sulfonamides is 1. The Hall–Kier alpha value is -1.02. The number of unbranched alkanes of at least 4 members (excludes halogenated alkanes) is 1. The summed E-state index contributed by atoms with van der Waals surface area (Å²) in [5.41, 5.74) is 5.36. The van der Waals surface area contributed by atoms with E-state index < -0.39 is 10.0 Å². The van der Waals surface area contributed by atoms with E-state index in [1.54, 1.807) is 18.2 Å². The van der Waals surface area contributed by atoms with Crippen LogP contribution in [0.2, 0.25) is 0 Å². The van der Waals surface area contributed by atoms with Crippen LogP contribution in [0.4, 0.5) is 0 Å². The van der Waals surface area contributed by atoms with Gasteiger partial charge in [0.15, 0.2) is 4.90 Å². The standard InChI is InChI=1S/C12H20N2O4S.ClH/c1-17-10-6-5-7-11(18-2)12(10)19(15,16)14-9-4-3-8-13;/h5-7,14H,3-4,8-9,13H2,1-2H3;1H. The Bertz CT molecular complexity index is 486. The van der Waals surface area contributed by atoms with Gasteiger partial charge in [-0.3, -0.25) is 0 Å². The second-order valence-corrected chi connectivity index (χ2v) is 5.59. The zero-order chi connectivity index (χ0) is 14.3. The zero-order valence-electron chi connectivity index (χ0n) is 11.6. The van der Waals surface area contributed by atoms with E-state index in [4.69, 9.17) is 15.2 Å². The second kappa shape index (κ2) is 9.02. The van der Waals surface area contributed by atoms with Crippen LogP contribution in [0.15, 0.2) is 23.1 Å². The Morgan fingerprint density at radius 1 is 1.15 bits per heavy atom. The van der Waals surface area contributed by atoms with E-state index >= 15 is 0 Å². The molecule has 1 rings (SSSR count). The number of methoxy groups -OCH3 is 2. The Morgan fingerprint density at radius 3 is 2.15 bits per heavy atom. The quantitative estimate of drug-likeness (QED) is 0.700. The number of nitrogens with two attached hydrogens (primary N) is 1. The van der Waals surface area contributed by atoms with Crippen LogP contribution in [0.3, 0.4) is 0 Å². The van der Waals surface area contributed by atoms with Gasteiger partial charge in [0.2, 0.25) is 10.0 Å². The van der Waals surface area contributed by atoms with Crippen LogP contribution >= 0.6 is 12.4 Å². The Morgan fingerprint density at radius 2 is 1.70 bits per heavy atom. The van der Waals surface area contributed by atoms with E-state index in [-0.39, 0.29) is 28.8 Å². The average molecular weight is 325 g/mol. The van der Waals surface area contributed by atoms with Crippen molar-refractivity contribution in [3.8, 4) is 11.5 Å². The van der Waals surface area contributed by atoms with Crippen molar-refractivity contribution < 1.29 is 17.9 Å². The molecule has 0 unspecified atom stereocenters. The van der Waals surface area contributed by atoms with Gasteiger partial charge in [-0.05, 0) is 31.5 Å². The molecule has 0 amide bonds. The summed E-state index contributed by atoms with van der Waals surface area (Å²) in [6.07, 6.45) is 1.46. The molecule has 6 nitrogen and oxygen atoms in total. The molecule has 0 saturated carbocycles. The largest absolute Gasteiger partial charge is 0.495 e. The summed E-state index contributed by atoms with van der Waals surface area (Å²) >= 11 is 0. The van der Waals surface area contributed by atoms with Gasteiger partial charge in [0.25, 0.3) is 0 Å². The fourth-order valence-corrected chi connectivity index (χ4v) is 3.02. The van der Waals surface area contributed by atoms with Crippen molar-refractivity contribution in [3.63, 3.8) is 0 Å². The van der Waals surface area contributed by atoms with Gasteiger partial charge >= 0.3 is 0 Å². The molecule has 0 aliphatic heterocycles. The molecule has 0 saturated heterocycles. The summed E-state index contributed by atoms with van der Waals surface area (Å²) in [4.78, 5) is 0.0211. The van der Waals surface area contributed by atoms with Crippen LogP contribution in [0.5, 0.6) is 11.5 Å². The Balaban J connectivity index is 0.00000361. The molecule has 0 fully saturated rings. The predicted molar refractivity (Wildman–Crippen MR) is 80.3 cm³/mol. The van der Waals surface area contributed by atoms with Crippen LogP contribution in [0, 0.1) is 0 Å². The minimum atomic E-state index is -3.67. The topological polar surface area (TPSA) is 90.6 Å². The van der Waals surface area contributed by atoms with Crippen molar-refractivity contribution >= 4 is 22.4 Å². The highest BCUT2D eigenvalue weighted by molar-refractivity contribution is 7.89. The molecule has 0 bridgehead atoms. The first-order valence-corrected chi connectivity index (χ1v) is 7.46. The van der Waals surface area contributed by atoms with Gasteiger partial charge in [0.1, 0.15) is 11.5 Å². The SMILES string of the molecule is COc1cccc(OC)c1S(=O)(=O)NCCCCN.Cl. The van der Waals surface area contributed by atoms with E-state index in [0.717, 1.165) is 6.42 Å². The lowest BCUT2D eigenvalue weighted by molar-refractivity contribution is 0.373. The molecular weight excluding hydrogens is 304 g/mol. The van der Waals surface area contributed by atoms with Gasteiger partial charge in [-0.2, -0.15) is 0 Å². The van der Waals surface area contributed by atoms with E-state index in [0.29, 0.717) is 19.5 Å². The molecule has 1 aromatic carbocycles. The summed E-state index contributed by atoms with van der Waals surface area (Å²) in [5, 5.41) is 0. The fraction of sp³-hybridized carbons (Fsp3) is 0.500. The minimum Gasteiger partial charge on any atom is -0.495 e.